The Kier molecular flexibility index (Phi) is 6.50. The molecule has 0 heterocycles. The van der Waals surface area contributed by atoms with E-state index >= 15 is 0 Å². The Bertz CT molecular complexity index is 195. The molecule has 0 aliphatic heterocycles. The van der Waals surface area contributed by atoms with Crippen LogP contribution in [0.1, 0.15) is 59.3 Å². The Balaban J connectivity index is 2.39. The summed E-state index contributed by atoms with van der Waals surface area (Å²) in [5.74, 6) is 0.773. The van der Waals surface area contributed by atoms with Gasteiger partial charge in [-0.05, 0) is 50.2 Å². The predicted molar refractivity (Wildman–Crippen MR) is 76.1 cm³/mol. The van der Waals surface area contributed by atoms with Gasteiger partial charge in [0, 0.05) is 6.54 Å². The highest BCUT2D eigenvalue weighted by Crippen LogP contribution is 2.38. The van der Waals surface area contributed by atoms with Gasteiger partial charge in [0.15, 0.2) is 0 Å². The Hall–Kier alpha value is -0.0800. The van der Waals surface area contributed by atoms with E-state index in [1.54, 1.807) is 0 Å². The summed E-state index contributed by atoms with van der Waals surface area (Å²) >= 11 is 0. The van der Waals surface area contributed by atoms with Crippen LogP contribution in [-0.2, 0) is 0 Å². The second kappa shape index (κ2) is 7.38. The first kappa shape index (κ1) is 15.0. The van der Waals surface area contributed by atoms with Crippen LogP contribution < -0.4 is 5.73 Å². The first-order chi connectivity index (χ1) is 8.12. The number of hydrogen-bond donors (Lipinski definition) is 1. The Labute approximate surface area is 108 Å². The van der Waals surface area contributed by atoms with Gasteiger partial charge in [-0.3, -0.25) is 0 Å². The first-order valence-electron chi connectivity index (χ1n) is 7.54. The molecule has 1 aliphatic rings. The highest BCUT2D eigenvalue weighted by molar-refractivity contribution is 4.84. The van der Waals surface area contributed by atoms with Gasteiger partial charge >= 0.3 is 0 Å². The minimum absolute atomic E-state index is 0.475. The molecule has 0 aromatic heterocycles. The molecule has 1 saturated carbocycles. The Morgan fingerprint density at radius 2 is 1.82 bits per heavy atom. The fraction of sp³-hybridized carbons (Fsp3) is 1.00. The maximum atomic E-state index is 6.05. The van der Waals surface area contributed by atoms with E-state index in [1.165, 1.54) is 58.2 Å². The van der Waals surface area contributed by atoms with Crippen LogP contribution >= 0.6 is 0 Å². The van der Waals surface area contributed by atoms with Crippen LogP contribution in [0, 0.1) is 11.3 Å². The zero-order valence-corrected chi connectivity index (χ0v) is 12.2. The molecule has 0 atom stereocenters. The minimum atomic E-state index is 0.475. The average molecular weight is 240 g/mol. The van der Waals surface area contributed by atoms with Crippen molar-refractivity contribution in [3.8, 4) is 0 Å². The maximum absolute atomic E-state index is 6.05. The normalized spacial score (nSPS) is 20.1. The summed E-state index contributed by atoms with van der Waals surface area (Å²) in [4.78, 5) is 2.59. The van der Waals surface area contributed by atoms with Crippen molar-refractivity contribution in [2.45, 2.75) is 59.3 Å². The largest absolute Gasteiger partial charge is 0.330 e. The Morgan fingerprint density at radius 1 is 1.18 bits per heavy atom. The molecule has 0 unspecified atom stereocenters. The lowest BCUT2D eigenvalue weighted by Crippen LogP contribution is -2.38. The fourth-order valence-corrected chi connectivity index (χ4v) is 3.15. The SMILES string of the molecule is CCN(CCC1(CN)CCCCC1)CC(C)C. The molecule has 0 spiro atoms. The molecule has 1 fully saturated rings. The van der Waals surface area contributed by atoms with E-state index in [2.05, 4.69) is 25.7 Å². The van der Waals surface area contributed by atoms with Crippen LogP contribution in [0.3, 0.4) is 0 Å². The first-order valence-corrected chi connectivity index (χ1v) is 7.54. The number of nitrogens with two attached hydrogens (primary N) is 1. The smallest absolute Gasteiger partial charge is 0.000427 e. The van der Waals surface area contributed by atoms with Crippen molar-refractivity contribution in [2.75, 3.05) is 26.2 Å². The van der Waals surface area contributed by atoms with Crippen molar-refractivity contribution in [1.29, 1.82) is 0 Å². The monoisotopic (exact) mass is 240 g/mol. The van der Waals surface area contributed by atoms with Crippen molar-refractivity contribution < 1.29 is 0 Å². The lowest BCUT2D eigenvalue weighted by atomic mass is 9.72. The molecule has 2 N–H and O–H groups in total. The molecular formula is C15H32N2. The van der Waals surface area contributed by atoms with E-state index in [9.17, 15) is 0 Å². The zero-order valence-electron chi connectivity index (χ0n) is 12.2. The summed E-state index contributed by atoms with van der Waals surface area (Å²) in [6.45, 7) is 11.4. The molecular weight excluding hydrogens is 208 g/mol. The van der Waals surface area contributed by atoms with Crippen molar-refractivity contribution in [3.63, 3.8) is 0 Å². The van der Waals surface area contributed by atoms with Crippen LogP contribution in [0.5, 0.6) is 0 Å². The molecule has 2 nitrogen and oxygen atoms in total. The second-order valence-electron chi connectivity index (χ2n) is 6.30. The highest BCUT2D eigenvalue weighted by Gasteiger charge is 2.30. The Morgan fingerprint density at radius 3 is 2.29 bits per heavy atom. The van der Waals surface area contributed by atoms with Gasteiger partial charge in [-0.25, -0.2) is 0 Å². The summed E-state index contributed by atoms with van der Waals surface area (Å²) in [5, 5.41) is 0. The van der Waals surface area contributed by atoms with E-state index in [0.29, 0.717) is 5.41 Å². The molecule has 0 aromatic rings. The molecule has 0 saturated heterocycles. The van der Waals surface area contributed by atoms with E-state index in [4.69, 9.17) is 5.73 Å². The molecule has 102 valence electrons. The predicted octanol–water partition coefficient (Wildman–Crippen LogP) is 3.26. The molecule has 2 heteroatoms. The summed E-state index contributed by atoms with van der Waals surface area (Å²) in [5.41, 5.74) is 6.52. The lowest BCUT2D eigenvalue weighted by molar-refractivity contribution is 0.143. The number of nitrogens with zero attached hydrogens (tertiary/aromatic N) is 1. The van der Waals surface area contributed by atoms with Gasteiger partial charge in [-0.2, -0.15) is 0 Å². The van der Waals surface area contributed by atoms with Crippen LogP contribution in [0.2, 0.25) is 0 Å². The van der Waals surface area contributed by atoms with E-state index in [0.717, 1.165) is 12.5 Å². The molecule has 0 amide bonds. The molecule has 17 heavy (non-hydrogen) atoms. The van der Waals surface area contributed by atoms with E-state index in [-0.39, 0.29) is 0 Å². The van der Waals surface area contributed by atoms with Crippen LogP contribution in [-0.4, -0.2) is 31.1 Å². The van der Waals surface area contributed by atoms with Gasteiger partial charge in [0.1, 0.15) is 0 Å². The molecule has 1 rings (SSSR count). The van der Waals surface area contributed by atoms with Gasteiger partial charge in [0.05, 0.1) is 0 Å². The third-order valence-electron chi connectivity index (χ3n) is 4.38. The van der Waals surface area contributed by atoms with Gasteiger partial charge < -0.3 is 10.6 Å². The number of hydrogen-bond acceptors (Lipinski definition) is 2. The van der Waals surface area contributed by atoms with Crippen LogP contribution in [0.15, 0.2) is 0 Å². The lowest BCUT2D eigenvalue weighted by Gasteiger charge is -2.38. The summed E-state index contributed by atoms with van der Waals surface area (Å²) < 4.78 is 0. The zero-order chi connectivity index (χ0) is 12.7. The van der Waals surface area contributed by atoms with Crippen molar-refractivity contribution in [2.24, 2.45) is 17.1 Å². The van der Waals surface area contributed by atoms with Gasteiger partial charge in [-0.15, -0.1) is 0 Å². The third-order valence-corrected chi connectivity index (χ3v) is 4.38. The second-order valence-corrected chi connectivity index (χ2v) is 6.30. The van der Waals surface area contributed by atoms with Gasteiger partial charge in [0.25, 0.3) is 0 Å². The molecule has 1 aliphatic carbocycles. The van der Waals surface area contributed by atoms with Gasteiger partial charge in [-0.1, -0.05) is 40.0 Å². The average Bonchev–Trinajstić information content (AvgIpc) is 2.35. The van der Waals surface area contributed by atoms with Crippen molar-refractivity contribution in [3.05, 3.63) is 0 Å². The minimum Gasteiger partial charge on any atom is -0.330 e. The van der Waals surface area contributed by atoms with Crippen molar-refractivity contribution >= 4 is 0 Å². The standard InChI is InChI=1S/C15H32N2/c1-4-17(12-14(2)3)11-10-15(13-16)8-6-5-7-9-15/h14H,4-13,16H2,1-3H3. The van der Waals surface area contributed by atoms with Gasteiger partial charge in [0.2, 0.25) is 0 Å². The van der Waals surface area contributed by atoms with Crippen LogP contribution in [0.25, 0.3) is 0 Å². The van der Waals surface area contributed by atoms with E-state index in [1.807, 2.05) is 0 Å². The van der Waals surface area contributed by atoms with Crippen LogP contribution in [0.4, 0.5) is 0 Å². The maximum Gasteiger partial charge on any atom is 0.000427 e. The topological polar surface area (TPSA) is 29.3 Å². The summed E-state index contributed by atoms with van der Waals surface area (Å²) in [6, 6.07) is 0. The molecule has 0 bridgehead atoms. The fourth-order valence-electron chi connectivity index (χ4n) is 3.15. The molecule has 0 radical (unpaired) electrons. The molecule has 0 aromatic carbocycles. The third kappa shape index (κ3) is 4.97. The highest BCUT2D eigenvalue weighted by atomic mass is 15.1. The summed E-state index contributed by atoms with van der Waals surface area (Å²) in [6.07, 6.45) is 8.25. The summed E-state index contributed by atoms with van der Waals surface area (Å²) in [7, 11) is 0. The number of rotatable bonds is 7. The van der Waals surface area contributed by atoms with Crippen molar-refractivity contribution in [1.82, 2.24) is 4.90 Å². The quantitative estimate of drug-likeness (QED) is 0.740. The van der Waals surface area contributed by atoms with E-state index < -0.39 is 0 Å².